The molecule has 0 heterocycles. The maximum atomic E-state index is 11.4. The van der Waals surface area contributed by atoms with Gasteiger partial charge in [0.25, 0.3) is 0 Å². The number of phenols is 1. The Morgan fingerprint density at radius 1 is 1.17 bits per heavy atom. The first-order valence-corrected chi connectivity index (χ1v) is 5.61. The fourth-order valence-corrected chi connectivity index (χ4v) is 1.87. The molecule has 0 aliphatic heterocycles. The van der Waals surface area contributed by atoms with Crippen LogP contribution in [0.3, 0.4) is 0 Å². The number of methoxy groups -OCH3 is 1. The number of benzene rings is 2. The lowest BCUT2D eigenvalue weighted by Crippen LogP contribution is -1.94. The number of ketones is 1. The Morgan fingerprint density at radius 2 is 1.89 bits per heavy atom. The summed E-state index contributed by atoms with van der Waals surface area (Å²) < 4.78 is 5.28. The zero-order valence-electron chi connectivity index (χ0n) is 10.3. The van der Waals surface area contributed by atoms with Crippen LogP contribution < -0.4 is 4.74 Å². The molecule has 92 valence electrons. The van der Waals surface area contributed by atoms with E-state index in [4.69, 9.17) is 4.74 Å². The summed E-state index contributed by atoms with van der Waals surface area (Å²) in [5.41, 5.74) is 2.05. The van der Waals surface area contributed by atoms with Gasteiger partial charge in [-0.25, -0.2) is 0 Å². The topological polar surface area (TPSA) is 46.5 Å². The molecule has 2 aromatic carbocycles. The first kappa shape index (κ1) is 12.2. The molecule has 0 fully saturated rings. The molecule has 0 radical (unpaired) electrons. The largest absolute Gasteiger partial charge is 0.507 e. The molecule has 0 spiro atoms. The summed E-state index contributed by atoms with van der Waals surface area (Å²) >= 11 is 0. The predicted octanol–water partition coefficient (Wildman–Crippen LogP) is 3.27. The van der Waals surface area contributed by atoms with Gasteiger partial charge in [0.1, 0.15) is 11.5 Å². The molecule has 1 N–H and O–H groups in total. The van der Waals surface area contributed by atoms with Crippen LogP contribution in [0.25, 0.3) is 11.1 Å². The fourth-order valence-electron chi connectivity index (χ4n) is 1.87. The van der Waals surface area contributed by atoms with Crippen molar-refractivity contribution in [1.29, 1.82) is 0 Å². The van der Waals surface area contributed by atoms with Crippen LogP contribution >= 0.6 is 0 Å². The van der Waals surface area contributed by atoms with E-state index < -0.39 is 0 Å². The van der Waals surface area contributed by atoms with Crippen molar-refractivity contribution >= 4 is 5.78 Å². The molecule has 0 unspecified atom stereocenters. The summed E-state index contributed by atoms with van der Waals surface area (Å²) in [6.45, 7) is 1.43. The number of hydrogen-bond donors (Lipinski definition) is 1. The zero-order valence-corrected chi connectivity index (χ0v) is 10.3. The van der Waals surface area contributed by atoms with Gasteiger partial charge in [0, 0.05) is 5.56 Å². The highest BCUT2D eigenvalue weighted by molar-refractivity contribution is 5.98. The van der Waals surface area contributed by atoms with Gasteiger partial charge < -0.3 is 9.84 Å². The summed E-state index contributed by atoms with van der Waals surface area (Å²) in [6.07, 6.45) is 0. The number of carbonyl (C=O) groups excluding carboxylic acids is 1. The Balaban J connectivity index is 2.58. The van der Waals surface area contributed by atoms with Gasteiger partial charge in [0.15, 0.2) is 5.78 Å². The van der Waals surface area contributed by atoms with E-state index in [0.717, 1.165) is 16.9 Å². The molecule has 3 heteroatoms. The minimum atomic E-state index is -0.163. The lowest BCUT2D eigenvalue weighted by atomic mass is 10.00. The van der Waals surface area contributed by atoms with Crippen molar-refractivity contribution < 1.29 is 14.6 Å². The van der Waals surface area contributed by atoms with Crippen molar-refractivity contribution in [1.82, 2.24) is 0 Å². The second-order valence-corrected chi connectivity index (χ2v) is 3.99. The van der Waals surface area contributed by atoms with E-state index in [0.29, 0.717) is 5.56 Å². The SMILES string of the molecule is COc1ccccc1-c1ccc(O)c(C(C)=O)c1. The van der Waals surface area contributed by atoms with Crippen LogP contribution in [-0.4, -0.2) is 18.0 Å². The third-order valence-electron chi connectivity index (χ3n) is 2.79. The van der Waals surface area contributed by atoms with E-state index >= 15 is 0 Å². The predicted molar refractivity (Wildman–Crippen MR) is 70.1 cm³/mol. The average Bonchev–Trinajstić information content (AvgIpc) is 2.39. The van der Waals surface area contributed by atoms with Crippen LogP contribution in [0, 0.1) is 0 Å². The first-order valence-electron chi connectivity index (χ1n) is 5.61. The highest BCUT2D eigenvalue weighted by Crippen LogP contribution is 2.32. The molecule has 3 nitrogen and oxygen atoms in total. The lowest BCUT2D eigenvalue weighted by molar-refractivity contribution is 0.101. The van der Waals surface area contributed by atoms with Gasteiger partial charge in [-0.1, -0.05) is 24.3 Å². The Morgan fingerprint density at radius 3 is 2.56 bits per heavy atom. The molecule has 0 atom stereocenters. The van der Waals surface area contributed by atoms with E-state index in [1.807, 2.05) is 24.3 Å². The molecule has 0 aliphatic carbocycles. The molecule has 0 amide bonds. The Kier molecular flexibility index (Phi) is 3.33. The summed E-state index contributed by atoms with van der Waals surface area (Å²) in [6, 6.07) is 12.5. The molecule has 0 saturated carbocycles. The number of ether oxygens (including phenoxy) is 1. The molecule has 18 heavy (non-hydrogen) atoms. The standard InChI is InChI=1S/C15H14O3/c1-10(16)13-9-11(7-8-14(13)17)12-5-3-4-6-15(12)18-2/h3-9,17H,1-2H3. The summed E-state index contributed by atoms with van der Waals surface area (Å²) in [5.74, 6) is 0.572. The molecule has 2 rings (SSSR count). The highest BCUT2D eigenvalue weighted by atomic mass is 16.5. The van der Waals surface area contributed by atoms with E-state index in [2.05, 4.69) is 0 Å². The minimum Gasteiger partial charge on any atom is -0.507 e. The van der Waals surface area contributed by atoms with Crippen molar-refractivity contribution in [2.24, 2.45) is 0 Å². The van der Waals surface area contributed by atoms with Gasteiger partial charge in [-0.2, -0.15) is 0 Å². The second-order valence-electron chi connectivity index (χ2n) is 3.99. The van der Waals surface area contributed by atoms with Gasteiger partial charge in [0.05, 0.1) is 12.7 Å². The summed E-state index contributed by atoms with van der Waals surface area (Å²) in [5, 5.41) is 9.63. The fraction of sp³-hybridized carbons (Fsp3) is 0.133. The summed E-state index contributed by atoms with van der Waals surface area (Å²) in [7, 11) is 1.60. The van der Waals surface area contributed by atoms with E-state index in [1.54, 1.807) is 19.2 Å². The van der Waals surface area contributed by atoms with Gasteiger partial charge in [-0.05, 0) is 30.7 Å². The van der Waals surface area contributed by atoms with Gasteiger partial charge in [-0.15, -0.1) is 0 Å². The van der Waals surface area contributed by atoms with E-state index in [1.165, 1.54) is 13.0 Å². The number of Topliss-reactive ketones (excluding diaryl/α,β-unsaturated/α-hetero) is 1. The Hall–Kier alpha value is -2.29. The number of carbonyl (C=O) groups is 1. The van der Waals surface area contributed by atoms with E-state index in [-0.39, 0.29) is 11.5 Å². The van der Waals surface area contributed by atoms with E-state index in [9.17, 15) is 9.90 Å². The van der Waals surface area contributed by atoms with Gasteiger partial charge >= 0.3 is 0 Å². The van der Waals surface area contributed by atoms with Crippen molar-refractivity contribution in [3.05, 3.63) is 48.0 Å². The van der Waals surface area contributed by atoms with Crippen LogP contribution in [0.1, 0.15) is 17.3 Å². The van der Waals surface area contributed by atoms with Gasteiger partial charge in [-0.3, -0.25) is 4.79 Å². The van der Waals surface area contributed by atoms with Crippen molar-refractivity contribution in [2.45, 2.75) is 6.92 Å². The van der Waals surface area contributed by atoms with Crippen LogP contribution in [0.4, 0.5) is 0 Å². The number of phenolic OH excluding ortho intramolecular Hbond substituents is 1. The normalized spacial score (nSPS) is 10.1. The quantitative estimate of drug-likeness (QED) is 0.840. The Labute approximate surface area is 106 Å². The summed E-state index contributed by atoms with van der Waals surface area (Å²) in [4.78, 5) is 11.4. The number of aromatic hydroxyl groups is 1. The Bertz CT molecular complexity index is 588. The minimum absolute atomic E-state index is 0.00106. The third-order valence-corrected chi connectivity index (χ3v) is 2.79. The molecule has 0 aliphatic rings. The smallest absolute Gasteiger partial charge is 0.163 e. The van der Waals surface area contributed by atoms with Crippen LogP contribution in [-0.2, 0) is 0 Å². The van der Waals surface area contributed by atoms with Crippen LogP contribution in [0.15, 0.2) is 42.5 Å². The van der Waals surface area contributed by atoms with Crippen molar-refractivity contribution in [2.75, 3.05) is 7.11 Å². The number of hydrogen-bond acceptors (Lipinski definition) is 3. The van der Waals surface area contributed by atoms with Crippen molar-refractivity contribution in [3.63, 3.8) is 0 Å². The highest BCUT2D eigenvalue weighted by Gasteiger charge is 2.10. The molecule has 0 bridgehead atoms. The molecule has 0 aromatic heterocycles. The molecule has 2 aromatic rings. The zero-order chi connectivity index (χ0) is 13.1. The third kappa shape index (κ3) is 2.20. The molecular formula is C15H14O3. The number of para-hydroxylation sites is 1. The van der Waals surface area contributed by atoms with Crippen molar-refractivity contribution in [3.8, 4) is 22.6 Å². The monoisotopic (exact) mass is 242 g/mol. The second kappa shape index (κ2) is 4.92. The van der Waals surface area contributed by atoms with Gasteiger partial charge in [0.2, 0.25) is 0 Å². The maximum Gasteiger partial charge on any atom is 0.163 e. The molecular weight excluding hydrogens is 228 g/mol. The first-order chi connectivity index (χ1) is 8.63. The lowest BCUT2D eigenvalue weighted by Gasteiger charge is -2.10. The maximum absolute atomic E-state index is 11.4. The average molecular weight is 242 g/mol. The molecule has 0 saturated heterocycles. The van der Waals surface area contributed by atoms with Crippen LogP contribution in [0.2, 0.25) is 0 Å². The number of rotatable bonds is 3. The van der Waals surface area contributed by atoms with Crippen LogP contribution in [0.5, 0.6) is 11.5 Å².